The van der Waals surface area contributed by atoms with E-state index in [2.05, 4.69) is 10.6 Å². The van der Waals surface area contributed by atoms with Gasteiger partial charge >= 0.3 is 0 Å². The molecule has 4 nitrogen and oxygen atoms in total. The van der Waals surface area contributed by atoms with Crippen LogP contribution in [-0.2, 0) is 16.1 Å². The largest absolute Gasteiger partial charge is 0.355 e. The van der Waals surface area contributed by atoms with Crippen molar-refractivity contribution in [2.24, 2.45) is 5.92 Å². The summed E-state index contributed by atoms with van der Waals surface area (Å²) in [7, 11) is 0. The van der Waals surface area contributed by atoms with Crippen LogP contribution in [0, 0.1) is 5.92 Å². The minimum absolute atomic E-state index is 0.0418. The first kappa shape index (κ1) is 10.7. The van der Waals surface area contributed by atoms with Gasteiger partial charge in [0.05, 0.1) is 5.92 Å². The Bertz CT molecular complexity index is 389. The number of nitrogens with one attached hydrogen (secondary N) is 2. The second kappa shape index (κ2) is 4.79. The Balaban J connectivity index is 1.82. The maximum Gasteiger partial charge on any atom is 0.225 e. The van der Waals surface area contributed by atoms with E-state index >= 15 is 0 Å². The number of hydrogen-bond donors (Lipinski definition) is 2. The fourth-order valence-corrected chi connectivity index (χ4v) is 1.72. The molecule has 0 radical (unpaired) electrons. The van der Waals surface area contributed by atoms with Crippen molar-refractivity contribution >= 4 is 11.8 Å². The number of rotatable bonds is 3. The molecule has 84 valence electrons. The summed E-state index contributed by atoms with van der Waals surface area (Å²) in [6.45, 7) is 0.976. The number of carbonyl (C=O) groups is 2. The lowest BCUT2D eigenvalue weighted by Gasteiger charge is -2.08. The molecule has 2 N–H and O–H groups in total. The van der Waals surface area contributed by atoms with E-state index in [1.807, 2.05) is 30.3 Å². The van der Waals surface area contributed by atoms with Gasteiger partial charge < -0.3 is 10.6 Å². The molecule has 1 fully saturated rings. The highest BCUT2D eigenvalue weighted by Gasteiger charge is 2.27. The fraction of sp³-hybridized carbons (Fsp3) is 0.333. The summed E-state index contributed by atoms with van der Waals surface area (Å²) in [6, 6.07) is 9.71. The van der Waals surface area contributed by atoms with E-state index in [1.165, 1.54) is 0 Å². The average Bonchev–Trinajstić information content (AvgIpc) is 2.74. The Morgan fingerprint density at radius 3 is 2.75 bits per heavy atom. The highest BCUT2D eigenvalue weighted by atomic mass is 16.2. The Labute approximate surface area is 94.0 Å². The van der Waals surface area contributed by atoms with Gasteiger partial charge in [-0.1, -0.05) is 30.3 Å². The summed E-state index contributed by atoms with van der Waals surface area (Å²) < 4.78 is 0. The SMILES string of the molecule is O=C1CC(C(=O)NCc2ccccc2)CN1. The molecule has 0 aliphatic carbocycles. The summed E-state index contributed by atoms with van der Waals surface area (Å²) in [5, 5.41) is 5.48. The van der Waals surface area contributed by atoms with Crippen LogP contribution in [0.5, 0.6) is 0 Å². The first-order valence-electron chi connectivity index (χ1n) is 5.34. The van der Waals surface area contributed by atoms with E-state index in [-0.39, 0.29) is 17.7 Å². The fourth-order valence-electron chi connectivity index (χ4n) is 1.72. The van der Waals surface area contributed by atoms with E-state index in [9.17, 15) is 9.59 Å². The summed E-state index contributed by atoms with van der Waals surface area (Å²) in [5.74, 6) is -0.307. The Morgan fingerprint density at radius 1 is 1.38 bits per heavy atom. The Kier molecular flexibility index (Phi) is 3.19. The molecule has 1 heterocycles. The molecule has 1 atom stereocenters. The lowest BCUT2D eigenvalue weighted by Crippen LogP contribution is -2.31. The third kappa shape index (κ3) is 2.59. The van der Waals surface area contributed by atoms with Crippen LogP contribution < -0.4 is 10.6 Å². The summed E-state index contributed by atoms with van der Waals surface area (Å²) in [5.41, 5.74) is 1.06. The molecular weight excluding hydrogens is 204 g/mol. The van der Waals surface area contributed by atoms with Gasteiger partial charge in [-0.15, -0.1) is 0 Å². The topological polar surface area (TPSA) is 58.2 Å². The second-order valence-corrected chi connectivity index (χ2v) is 3.91. The monoisotopic (exact) mass is 218 g/mol. The van der Waals surface area contributed by atoms with E-state index in [1.54, 1.807) is 0 Å². The highest BCUT2D eigenvalue weighted by molar-refractivity contribution is 5.89. The lowest BCUT2D eigenvalue weighted by molar-refractivity contribution is -0.126. The summed E-state index contributed by atoms with van der Waals surface area (Å²) >= 11 is 0. The zero-order chi connectivity index (χ0) is 11.4. The second-order valence-electron chi connectivity index (χ2n) is 3.91. The van der Waals surface area contributed by atoms with Crippen molar-refractivity contribution in [2.45, 2.75) is 13.0 Å². The lowest BCUT2D eigenvalue weighted by atomic mass is 10.1. The van der Waals surface area contributed by atoms with Gasteiger partial charge in [0, 0.05) is 19.5 Å². The first-order valence-corrected chi connectivity index (χ1v) is 5.34. The number of benzene rings is 1. The Morgan fingerprint density at radius 2 is 2.12 bits per heavy atom. The molecule has 0 saturated carbocycles. The van der Waals surface area contributed by atoms with Gasteiger partial charge in [0.15, 0.2) is 0 Å². The molecule has 0 aromatic heterocycles. The number of carbonyl (C=O) groups excluding carboxylic acids is 2. The van der Waals surface area contributed by atoms with Crippen molar-refractivity contribution in [2.75, 3.05) is 6.54 Å². The van der Waals surface area contributed by atoms with Crippen molar-refractivity contribution in [3.05, 3.63) is 35.9 Å². The molecular formula is C12H14N2O2. The van der Waals surface area contributed by atoms with Crippen LogP contribution >= 0.6 is 0 Å². The van der Waals surface area contributed by atoms with Gasteiger partial charge in [0.25, 0.3) is 0 Å². The maximum absolute atomic E-state index is 11.7. The van der Waals surface area contributed by atoms with Crippen molar-refractivity contribution in [1.82, 2.24) is 10.6 Å². The van der Waals surface area contributed by atoms with Crippen LogP contribution in [0.25, 0.3) is 0 Å². The molecule has 2 amide bonds. The van der Waals surface area contributed by atoms with Gasteiger partial charge in [-0.05, 0) is 5.56 Å². The quantitative estimate of drug-likeness (QED) is 0.773. The third-order valence-corrected chi connectivity index (χ3v) is 2.66. The van der Waals surface area contributed by atoms with Crippen molar-refractivity contribution in [3.8, 4) is 0 Å². The van der Waals surface area contributed by atoms with Gasteiger partial charge in [0.1, 0.15) is 0 Å². The molecule has 4 heteroatoms. The predicted octanol–water partition coefficient (Wildman–Crippen LogP) is 0.439. The van der Waals surface area contributed by atoms with Gasteiger partial charge in [-0.25, -0.2) is 0 Å². The zero-order valence-electron chi connectivity index (χ0n) is 8.90. The zero-order valence-corrected chi connectivity index (χ0v) is 8.90. The molecule has 2 rings (SSSR count). The van der Waals surface area contributed by atoms with Crippen molar-refractivity contribution < 1.29 is 9.59 Å². The van der Waals surface area contributed by atoms with E-state index in [4.69, 9.17) is 0 Å². The van der Waals surface area contributed by atoms with Crippen LogP contribution in [0.2, 0.25) is 0 Å². The number of amides is 2. The van der Waals surface area contributed by atoms with Crippen LogP contribution in [0.3, 0.4) is 0 Å². The molecule has 1 aromatic rings. The Hall–Kier alpha value is -1.84. The van der Waals surface area contributed by atoms with Crippen LogP contribution in [0.15, 0.2) is 30.3 Å². The van der Waals surface area contributed by atoms with Crippen LogP contribution in [0.1, 0.15) is 12.0 Å². The van der Waals surface area contributed by atoms with Crippen LogP contribution in [-0.4, -0.2) is 18.4 Å². The van der Waals surface area contributed by atoms with E-state index in [0.29, 0.717) is 19.5 Å². The molecule has 1 saturated heterocycles. The maximum atomic E-state index is 11.7. The smallest absolute Gasteiger partial charge is 0.225 e. The average molecular weight is 218 g/mol. The van der Waals surface area contributed by atoms with E-state index < -0.39 is 0 Å². The first-order chi connectivity index (χ1) is 7.75. The molecule has 1 aliphatic rings. The molecule has 1 unspecified atom stereocenters. The molecule has 1 aromatic carbocycles. The third-order valence-electron chi connectivity index (χ3n) is 2.66. The van der Waals surface area contributed by atoms with Crippen LogP contribution in [0.4, 0.5) is 0 Å². The number of hydrogen-bond acceptors (Lipinski definition) is 2. The van der Waals surface area contributed by atoms with Crippen molar-refractivity contribution in [3.63, 3.8) is 0 Å². The van der Waals surface area contributed by atoms with Gasteiger partial charge in [0.2, 0.25) is 11.8 Å². The highest BCUT2D eigenvalue weighted by Crippen LogP contribution is 2.09. The molecule has 16 heavy (non-hydrogen) atoms. The van der Waals surface area contributed by atoms with Gasteiger partial charge in [-0.3, -0.25) is 9.59 Å². The van der Waals surface area contributed by atoms with Gasteiger partial charge in [-0.2, -0.15) is 0 Å². The molecule has 0 bridgehead atoms. The molecule has 1 aliphatic heterocycles. The normalized spacial score (nSPS) is 19.2. The standard InChI is InChI=1S/C12H14N2O2/c15-11-6-10(8-13-11)12(16)14-7-9-4-2-1-3-5-9/h1-5,10H,6-8H2,(H,13,15)(H,14,16). The van der Waals surface area contributed by atoms with E-state index in [0.717, 1.165) is 5.56 Å². The minimum Gasteiger partial charge on any atom is -0.355 e. The minimum atomic E-state index is -0.212. The van der Waals surface area contributed by atoms with Crippen molar-refractivity contribution in [1.29, 1.82) is 0 Å². The molecule has 0 spiro atoms. The summed E-state index contributed by atoms with van der Waals surface area (Å²) in [4.78, 5) is 22.6. The summed E-state index contributed by atoms with van der Waals surface area (Å²) in [6.07, 6.45) is 0.306. The predicted molar refractivity (Wildman–Crippen MR) is 59.4 cm³/mol.